The van der Waals surface area contributed by atoms with Gasteiger partial charge in [0.15, 0.2) is 0 Å². The minimum Gasteiger partial charge on any atom is -0.481 e. The van der Waals surface area contributed by atoms with Crippen molar-refractivity contribution in [2.24, 2.45) is 5.41 Å². The van der Waals surface area contributed by atoms with Crippen LogP contribution in [0.4, 0.5) is 0 Å². The standard InChI is InChI=1S/C27H35N3O3/c1-6-8-21(33-17-27(4,5)26(31)32)12-9-18(3)22-14-11-20(16-28-22)25-29-23-13-10-19(7-2)15-24(23)30-25/h10-11,13-16,21H,3,6-9,12,17H2,1-2,4-5H3,(H,29,30)(H,31,32). The lowest BCUT2D eigenvalue weighted by Gasteiger charge is -2.24. The third kappa shape index (κ3) is 6.29. The molecule has 2 N–H and O–H groups in total. The molecule has 2 aromatic heterocycles. The Labute approximate surface area is 196 Å². The van der Waals surface area contributed by atoms with E-state index in [1.165, 1.54) is 5.56 Å². The second kappa shape index (κ2) is 10.8. The van der Waals surface area contributed by atoms with Gasteiger partial charge in [-0.15, -0.1) is 0 Å². The summed E-state index contributed by atoms with van der Waals surface area (Å²) >= 11 is 0. The first-order valence-electron chi connectivity index (χ1n) is 11.7. The predicted molar refractivity (Wildman–Crippen MR) is 133 cm³/mol. The van der Waals surface area contributed by atoms with Crippen molar-refractivity contribution in [1.29, 1.82) is 0 Å². The summed E-state index contributed by atoms with van der Waals surface area (Å²) in [5, 5.41) is 9.31. The number of nitrogens with zero attached hydrogens (tertiary/aromatic N) is 2. The van der Waals surface area contributed by atoms with Gasteiger partial charge in [0, 0.05) is 11.8 Å². The number of aromatic amines is 1. The van der Waals surface area contributed by atoms with Gasteiger partial charge in [-0.2, -0.15) is 0 Å². The van der Waals surface area contributed by atoms with Crippen molar-refractivity contribution in [2.75, 3.05) is 6.61 Å². The van der Waals surface area contributed by atoms with Gasteiger partial charge in [-0.05, 0) is 74.9 Å². The van der Waals surface area contributed by atoms with Gasteiger partial charge in [-0.1, -0.05) is 32.9 Å². The van der Waals surface area contributed by atoms with E-state index < -0.39 is 11.4 Å². The number of H-pyrrole nitrogens is 1. The molecule has 0 aliphatic heterocycles. The molecule has 176 valence electrons. The van der Waals surface area contributed by atoms with Crippen molar-refractivity contribution in [3.63, 3.8) is 0 Å². The summed E-state index contributed by atoms with van der Waals surface area (Å²) in [6.07, 6.45) is 6.23. The predicted octanol–water partition coefficient (Wildman–Crippen LogP) is 6.28. The molecular formula is C27H35N3O3. The van der Waals surface area contributed by atoms with Crippen LogP contribution in [0.1, 0.15) is 64.6 Å². The number of fused-ring (bicyclic) bond motifs is 1. The zero-order chi connectivity index (χ0) is 24.0. The lowest BCUT2D eigenvalue weighted by Crippen LogP contribution is -2.31. The minimum absolute atomic E-state index is 0.00760. The highest BCUT2D eigenvalue weighted by Gasteiger charge is 2.28. The molecule has 33 heavy (non-hydrogen) atoms. The number of pyridine rings is 1. The number of hydrogen-bond acceptors (Lipinski definition) is 4. The average Bonchev–Trinajstić information content (AvgIpc) is 3.24. The van der Waals surface area contributed by atoms with Crippen LogP contribution in [-0.4, -0.2) is 38.7 Å². The Balaban J connectivity index is 1.61. The summed E-state index contributed by atoms with van der Waals surface area (Å²) in [4.78, 5) is 24.0. The Kier molecular flexibility index (Phi) is 8.03. The van der Waals surface area contributed by atoms with Crippen LogP contribution in [0.25, 0.3) is 28.0 Å². The van der Waals surface area contributed by atoms with Crippen molar-refractivity contribution in [3.8, 4) is 11.4 Å². The highest BCUT2D eigenvalue weighted by molar-refractivity contribution is 5.80. The molecule has 2 heterocycles. The third-order valence-corrected chi connectivity index (χ3v) is 5.99. The van der Waals surface area contributed by atoms with Crippen LogP contribution in [0, 0.1) is 5.41 Å². The first-order valence-corrected chi connectivity index (χ1v) is 11.7. The summed E-state index contributed by atoms with van der Waals surface area (Å²) in [5.41, 5.74) is 5.10. The Hall–Kier alpha value is -2.99. The van der Waals surface area contributed by atoms with E-state index in [1.807, 2.05) is 24.4 Å². The Morgan fingerprint density at radius 1 is 1.21 bits per heavy atom. The number of aromatic nitrogens is 3. The lowest BCUT2D eigenvalue weighted by molar-refractivity contribution is -0.151. The summed E-state index contributed by atoms with van der Waals surface area (Å²) < 4.78 is 5.96. The molecular weight excluding hydrogens is 414 g/mol. The fourth-order valence-electron chi connectivity index (χ4n) is 3.64. The lowest BCUT2D eigenvalue weighted by atomic mass is 9.95. The van der Waals surface area contributed by atoms with Gasteiger partial charge in [0.25, 0.3) is 0 Å². The number of aliphatic carboxylic acids is 1. The van der Waals surface area contributed by atoms with Crippen LogP contribution in [0.5, 0.6) is 0 Å². The van der Waals surface area contributed by atoms with Crippen LogP contribution in [0.15, 0.2) is 43.1 Å². The topological polar surface area (TPSA) is 88.1 Å². The summed E-state index contributed by atoms with van der Waals surface area (Å²) in [6.45, 7) is 12.0. The molecule has 6 nitrogen and oxygen atoms in total. The molecule has 0 spiro atoms. The molecule has 0 radical (unpaired) electrons. The van der Waals surface area contributed by atoms with Gasteiger partial charge < -0.3 is 14.8 Å². The van der Waals surface area contributed by atoms with E-state index in [-0.39, 0.29) is 12.7 Å². The van der Waals surface area contributed by atoms with Crippen molar-refractivity contribution >= 4 is 22.6 Å². The second-order valence-corrected chi connectivity index (χ2v) is 9.28. The van der Waals surface area contributed by atoms with Crippen molar-refractivity contribution in [3.05, 3.63) is 54.4 Å². The summed E-state index contributed by atoms with van der Waals surface area (Å²) in [5.74, 6) is -0.0397. The third-order valence-electron chi connectivity index (χ3n) is 5.99. The van der Waals surface area contributed by atoms with E-state index in [4.69, 9.17) is 4.74 Å². The monoisotopic (exact) mass is 449 g/mol. The summed E-state index contributed by atoms with van der Waals surface area (Å²) in [6, 6.07) is 10.3. The average molecular weight is 450 g/mol. The van der Waals surface area contributed by atoms with E-state index in [2.05, 4.69) is 47.5 Å². The van der Waals surface area contributed by atoms with Gasteiger partial charge in [0.05, 0.1) is 34.9 Å². The van der Waals surface area contributed by atoms with Gasteiger partial charge in [-0.3, -0.25) is 9.78 Å². The number of rotatable bonds is 12. The molecule has 1 unspecified atom stereocenters. The van der Waals surface area contributed by atoms with Crippen LogP contribution in [-0.2, 0) is 16.0 Å². The number of carboxylic acids is 1. The molecule has 0 bridgehead atoms. The number of aryl methyl sites for hydroxylation is 1. The minimum atomic E-state index is -0.894. The molecule has 1 atom stereocenters. The van der Waals surface area contributed by atoms with Gasteiger partial charge >= 0.3 is 5.97 Å². The molecule has 3 rings (SSSR count). The number of carboxylic acid groups (broad SMARTS) is 1. The molecule has 0 saturated heterocycles. The van der Waals surface area contributed by atoms with Gasteiger partial charge in [-0.25, -0.2) is 4.98 Å². The van der Waals surface area contributed by atoms with Crippen LogP contribution in [0.2, 0.25) is 0 Å². The van der Waals surface area contributed by atoms with Crippen molar-refractivity contribution in [2.45, 2.75) is 65.9 Å². The first-order chi connectivity index (χ1) is 15.7. The molecule has 0 amide bonds. The number of imidazole rings is 1. The highest BCUT2D eigenvalue weighted by Crippen LogP contribution is 2.25. The smallest absolute Gasteiger partial charge is 0.311 e. The maximum atomic E-state index is 11.3. The fourth-order valence-corrected chi connectivity index (χ4v) is 3.64. The largest absolute Gasteiger partial charge is 0.481 e. The highest BCUT2D eigenvalue weighted by atomic mass is 16.5. The van der Waals surface area contributed by atoms with E-state index in [0.29, 0.717) is 0 Å². The fraction of sp³-hybridized carbons (Fsp3) is 0.444. The Morgan fingerprint density at radius 2 is 2.00 bits per heavy atom. The number of ether oxygens (including phenoxy) is 1. The number of allylic oxidation sites excluding steroid dienone is 1. The number of nitrogens with one attached hydrogen (secondary N) is 1. The first kappa shape index (κ1) is 24.6. The van der Waals surface area contributed by atoms with Gasteiger partial charge in [0.2, 0.25) is 0 Å². The maximum Gasteiger partial charge on any atom is 0.311 e. The zero-order valence-corrected chi connectivity index (χ0v) is 20.1. The van der Waals surface area contributed by atoms with Crippen LogP contribution in [0.3, 0.4) is 0 Å². The number of hydrogen-bond donors (Lipinski definition) is 2. The normalized spacial score (nSPS) is 12.7. The molecule has 6 heteroatoms. The van der Waals surface area contributed by atoms with E-state index in [1.54, 1.807) is 13.8 Å². The van der Waals surface area contributed by atoms with Gasteiger partial charge in [0.1, 0.15) is 5.82 Å². The van der Waals surface area contributed by atoms with Crippen LogP contribution >= 0.6 is 0 Å². The summed E-state index contributed by atoms with van der Waals surface area (Å²) in [7, 11) is 0. The molecule has 3 aromatic rings. The SMILES string of the molecule is C=C(CCC(CCC)OCC(C)(C)C(=O)O)c1ccc(-c2nc3ccc(CC)cc3[nH]2)cn1. The van der Waals surface area contributed by atoms with E-state index >= 15 is 0 Å². The number of carbonyl (C=O) groups is 1. The van der Waals surface area contributed by atoms with Crippen molar-refractivity contribution in [1.82, 2.24) is 15.0 Å². The Morgan fingerprint density at radius 3 is 2.64 bits per heavy atom. The van der Waals surface area contributed by atoms with E-state index in [0.717, 1.165) is 65.8 Å². The number of benzene rings is 1. The zero-order valence-electron chi connectivity index (χ0n) is 20.1. The van der Waals surface area contributed by atoms with Crippen LogP contribution < -0.4 is 0 Å². The molecule has 0 saturated carbocycles. The molecule has 0 aliphatic carbocycles. The molecule has 0 aliphatic rings. The quantitative estimate of drug-likeness (QED) is 0.340. The molecule has 1 aromatic carbocycles. The maximum absolute atomic E-state index is 11.3. The molecule has 0 fully saturated rings. The Bertz CT molecular complexity index is 1100. The van der Waals surface area contributed by atoms with Crippen molar-refractivity contribution < 1.29 is 14.6 Å². The second-order valence-electron chi connectivity index (χ2n) is 9.28. The van der Waals surface area contributed by atoms with E-state index in [9.17, 15) is 9.90 Å².